The molecular weight excluding hydrogens is 384 g/mol. The van der Waals surface area contributed by atoms with Crippen molar-refractivity contribution in [2.24, 2.45) is 0 Å². The van der Waals surface area contributed by atoms with Crippen molar-refractivity contribution in [3.63, 3.8) is 0 Å². The first-order chi connectivity index (χ1) is 13.1. The number of rotatable bonds is 7. The normalized spacial score (nSPS) is 12.4. The molecule has 150 valence electrons. The van der Waals surface area contributed by atoms with Crippen molar-refractivity contribution in [1.82, 2.24) is 0 Å². The monoisotopic (exact) mass is 401 g/mol. The number of carbonyl (C=O) groups is 1. The molecule has 28 heavy (non-hydrogen) atoms. The second kappa shape index (κ2) is 8.50. The van der Waals surface area contributed by atoms with Crippen LogP contribution in [0.1, 0.15) is 34.0 Å². The lowest BCUT2D eigenvalue weighted by Crippen LogP contribution is -2.18. The molecule has 0 bridgehead atoms. The molecule has 0 aliphatic rings. The summed E-state index contributed by atoms with van der Waals surface area (Å²) in [6.07, 6.45) is -1.98. The lowest BCUT2D eigenvalue weighted by atomic mass is 10.0. The molecule has 0 aliphatic carbocycles. The van der Waals surface area contributed by atoms with Gasteiger partial charge in [-0.15, -0.1) is 0 Å². The third kappa shape index (κ3) is 5.37. The Morgan fingerprint density at radius 3 is 2.14 bits per heavy atom. The van der Waals surface area contributed by atoms with Crippen LogP contribution in [0.3, 0.4) is 0 Å². The van der Waals surface area contributed by atoms with Gasteiger partial charge in [0.25, 0.3) is 0 Å². The molecule has 0 aromatic heterocycles. The van der Waals surface area contributed by atoms with Crippen LogP contribution in [0.2, 0.25) is 0 Å². The first-order valence-corrected chi connectivity index (χ1v) is 8.29. The summed E-state index contributed by atoms with van der Waals surface area (Å²) >= 11 is 0. The molecule has 0 saturated carbocycles. The molecule has 0 aliphatic heterocycles. The lowest BCUT2D eigenvalue weighted by Gasteiger charge is -2.17. The van der Waals surface area contributed by atoms with Crippen molar-refractivity contribution in [1.29, 1.82) is 0 Å². The Morgan fingerprint density at radius 1 is 1.00 bits per heavy atom. The molecule has 0 fully saturated rings. The number of benzene rings is 2. The number of hydrogen-bond donors (Lipinski definition) is 1. The Labute approximate surface area is 157 Å². The fraction of sp³-hybridized carbons (Fsp3) is 0.250. The fourth-order valence-corrected chi connectivity index (χ4v) is 2.38. The van der Waals surface area contributed by atoms with Crippen LogP contribution in [0.4, 0.5) is 32.0 Å². The van der Waals surface area contributed by atoms with E-state index in [9.17, 15) is 31.1 Å². The minimum Gasteiger partial charge on any atom is -0.362 e. The fourth-order valence-electron chi connectivity index (χ4n) is 2.38. The molecule has 8 heteroatoms. The van der Waals surface area contributed by atoms with Gasteiger partial charge in [-0.25, -0.2) is 4.39 Å². The Hall–Kier alpha value is -2.77. The summed E-state index contributed by atoms with van der Waals surface area (Å²) in [5.41, 5.74) is -1.41. The van der Waals surface area contributed by atoms with Gasteiger partial charge in [0.1, 0.15) is 0 Å². The van der Waals surface area contributed by atoms with E-state index in [4.69, 9.17) is 0 Å². The maximum Gasteiger partial charge on any atom is 0.416 e. The first kappa shape index (κ1) is 21.5. The highest BCUT2D eigenvalue weighted by molar-refractivity contribution is 6.04. The molecule has 0 atom stereocenters. The van der Waals surface area contributed by atoms with Crippen molar-refractivity contribution in [3.8, 4) is 0 Å². The number of allylic oxidation sites excluding steroid dienone is 1. The average molecular weight is 401 g/mol. The molecule has 1 N–H and O–H groups in total. The molecule has 2 aromatic carbocycles. The van der Waals surface area contributed by atoms with Crippen LogP contribution >= 0.6 is 0 Å². The summed E-state index contributed by atoms with van der Waals surface area (Å²) in [5.74, 6) is -4.48. The van der Waals surface area contributed by atoms with Crippen LogP contribution in [0.5, 0.6) is 0 Å². The lowest BCUT2D eigenvalue weighted by molar-refractivity contribution is -0.137. The second-order valence-electron chi connectivity index (χ2n) is 6.03. The van der Waals surface area contributed by atoms with Gasteiger partial charge in [-0.1, -0.05) is 31.2 Å². The smallest absolute Gasteiger partial charge is 0.362 e. The molecule has 2 rings (SSSR count). The number of anilines is 1. The van der Waals surface area contributed by atoms with E-state index in [1.807, 2.05) is 6.92 Å². The molecule has 0 spiro atoms. The summed E-state index contributed by atoms with van der Waals surface area (Å²) in [7, 11) is 0. The number of halogens is 6. The van der Waals surface area contributed by atoms with Crippen molar-refractivity contribution in [2.45, 2.75) is 25.4 Å². The van der Waals surface area contributed by atoms with Crippen molar-refractivity contribution >= 4 is 11.5 Å². The number of aryl methyl sites for hydroxylation is 1. The van der Waals surface area contributed by atoms with Crippen LogP contribution in [-0.4, -0.2) is 12.5 Å². The Kier molecular flexibility index (Phi) is 6.53. The SMILES string of the molecule is CCc1ccc(C(=O)/C=C/Nc2cc(C(F)(F)F)cc(C(F)(F)CF)c2)cc1. The zero-order valence-corrected chi connectivity index (χ0v) is 14.8. The first-order valence-electron chi connectivity index (χ1n) is 8.29. The molecule has 0 amide bonds. The standard InChI is InChI=1S/C20H17F6NO/c1-2-13-3-5-14(6-4-13)18(28)7-8-27-17-10-15(19(22,23)12-21)9-16(11-17)20(24,25)26/h3-11,27H,2,12H2,1H3/b8-7+. The van der Waals surface area contributed by atoms with E-state index in [1.165, 1.54) is 0 Å². The molecule has 2 nitrogen and oxygen atoms in total. The summed E-state index contributed by atoms with van der Waals surface area (Å²) in [6, 6.07) is 8.27. The van der Waals surface area contributed by atoms with Gasteiger partial charge in [0, 0.05) is 29.1 Å². The molecule has 0 heterocycles. The summed E-state index contributed by atoms with van der Waals surface area (Å²) < 4.78 is 78.4. The van der Waals surface area contributed by atoms with Crippen LogP contribution in [0.25, 0.3) is 0 Å². The van der Waals surface area contributed by atoms with Gasteiger partial charge in [-0.2, -0.15) is 22.0 Å². The van der Waals surface area contributed by atoms with E-state index in [2.05, 4.69) is 5.32 Å². The predicted octanol–water partition coefficient (Wildman–Crippen LogP) is 6.14. The van der Waals surface area contributed by atoms with Gasteiger partial charge in [-0.3, -0.25) is 4.79 Å². The zero-order valence-electron chi connectivity index (χ0n) is 14.8. The quantitative estimate of drug-likeness (QED) is 0.343. The summed E-state index contributed by atoms with van der Waals surface area (Å²) in [6.45, 7) is -0.174. The van der Waals surface area contributed by atoms with Crippen molar-refractivity contribution in [2.75, 3.05) is 12.0 Å². The number of hydrogen-bond acceptors (Lipinski definition) is 2. The Balaban J connectivity index is 2.23. The van der Waals surface area contributed by atoms with Gasteiger partial charge in [0.15, 0.2) is 12.5 Å². The maximum absolute atomic E-state index is 13.5. The summed E-state index contributed by atoms with van der Waals surface area (Å²) in [5, 5.41) is 2.36. The zero-order chi connectivity index (χ0) is 20.9. The third-order valence-electron chi connectivity index (χ3n) is 3.98. The van der Waals surface area contributed by atoms with Crippen molar-refractivity contribution in [3.05, 3.63) is 77.0 Å². The Bertz CT molecular complexity index is 856. The number of ketones is 1. The highest BCUT2D eigenvalue weighted by Crippen LogP contribution is 2.37. The van der Waals surface area contributed by atoms with E-state index >= 15 is 0 Å². The molecule has 2 aromatic rings. The van der Waals surface area contributed by atoms with Gasteiger partial charge >= 0.3 is 12.1 Å². The Morgan fingerprint density at radius 2 is 1.61 bits per heavy atom. The van der Waals surface area contributed by atoms with E-state index in [-0.39, 0.29) is 11.8 Å². The van der Waals surface area contributed by atoms with E-state index < -0.39 is 35.7 Å². The van der Waals surface area contributed by atoms with Crippen LogP contribution < -0.4 is 5.32 Å². The predicted molar refractivity (Wildman–Crippen MR) is 94.2 cm³/mol. The van der Waals surface area contributed by atoms with E-state index in [1.54, 1.807) is 24.3 Å². The van der Waals surface area contributed by atoms with Gasteiger partial charge in [-0.05, 0) is 30.2 Å². The summed E-state index contributed by atoms with van der Waals surface area (Å²) in [4.78, 5) is 12.1. The van der Waals surface area contributed by atoms with Gasteiger partial charge in [0.2, 0.25) is 0 Å². The van der Waals surface area contributed by atoms with E-state index in [0.29, 0.717) is 17.7 Å². The molecule has 0 radical (unpaired) electrons. The van der Waals surface area contributed by atoms with E-state index in [0.717, 1.165) is 24.3 Å². The second-order valence-corrected chi connectivity index (χ2v) is 6.03. The maximum atomic E-state index is 13.5. The highest BCUT2D eigenvalue weighted by atomic mass is 19.4. The molecular formula is C20H17F6NO. The van der Waals surface area contributed by atoms with Gasteiger partial charge < -0.3 is 5.32 Å². The van der Waals surface area contributed by atoms with Gasteiger partial charge in [0.05, 0.1) is 5.56 Å². The van der Waals surface area contributed by atoms with Crippen LogP contribution in [0.15, 0.2) is 54.7 Å². The highest BCUT2D eigenvalue weighted by Gasteiger charge is 2.37. The van der Waals surface area contributed by atoms with Crippen LogP contribution in [0, 0.1) is 0 Å². The number of nitrogens with one attached hydrogen (secondary N) is 1. The van der Waals surface area contributed by atoms with Crippen molar-refractivity contribution < 1.29 is 31.1 Å². The number of alkyl halides is 6. The number of carbonyl (C=O) groups excluding carboxylic acids is 1. The molecule has 0 saturated heterocycles. The minimum atomic E-state index is -4.89. The minimum absolute atomic E-state index is 0.203. The topological polar surface area (TPSA) is 29.1 Å². The largest absolute Gasteiger partial charge is 0.416 e. The van der Waals surface area contributed by atoms with Crippen LogP contribution in [-0.2, 0) is 18.5 Å². The third-order valence-corrected chi connectivity index (χ3v) is 3.98. The molecule has 0 unspecified atom stereocenters. The average Bonchev–Trinajstić information content (AvgIpc) is 2.67.